The van der Waals surface area contributed by atoms with E-state index in [2.05, 4.69) is 31.0 Å². The van der Waals surface area contributed by atoms with E-state index < -0.39 is 0 Å². The van der Waals surface area contributed by atoms with Gasteiger partial charge < -0.3 is 0 Å². The summed E-state index contributed by atoms with van der Waals surface area (Å²) in [6.07, 6.45) is 1.20. The fraction of sp³-hybridized carbons (Fsp3) is 1.00. The van der Waals surface area contributed by atoms with Crippen molar-refractivity contribution in [2.24, 2.45) is 16.1 Å². The third-order valence-corrected chi connectivity index (χ3v) is 2.14. The van der Waals surface area contributed by atoms with Gasteiger partial charge in [-0.2, -0.15) is 10.2 Å². The molecule has 0 fully saturated rings. The molecule has 1 heterocycles. The zero-order valence-electron chi connectivity index (χ0n) is 6.33. The first kappa shape index (κ1) is 6.72. The van der Waals surface area contributed by atoms with Gasteiger partial charge in [0, 0.05) is 5.92 Å². The van der Waals surface area contributed by atoms with Crippen molar-refractivity contribution in [3.8, 4) is 0 Å². The molecular formula is C7H14N2. The Hall–Kier alpha value is -0.400. The molecule has 52 valence electrons. The maximum atomic E-state index is 4.09. The normalized spacial score (nSPS) is 41.9. The lowest BCUT2D eigenvalue weighted by Crippen LogP contribution is -2.18. The minimum absolute atomic E-state index is 0.463. The van der Waals surface area contributed by atoms with Crippen LogP contribution in [0, 0.1) is 5.92 Å². The molecule has 0 aromatic carbocycles. The fourth-order valence-electron chi connectivity index (χ4n) is 1.47. The van der Waals surface area contributed by atoms with Gasteiger partial charge in [0.15, 0.2) is 0 Å². The second-order valence-corrected chi connectivity index (χ2v) is 2.78. The SMILES string of the molecule is CCC1C(C)N=NC1C. The molecule has 1 rings (SSSR count). The predicted octanol–water partition coefficient (Wildman–Crippen LogP) is 2.26. The van der Waals surface area contributed by atoms with E-state index in [9.17, 15) is 0 Å². The van der Waals surface area contributed by atoms with Crippen molar-refractivity contribution in [1.82, 2.24) is 0 Å². The summed E-state index contributed by atoms with van der Waals surface area (Å²) in [5.41, 5.74) is 0. The van der Waals surface area contributed by atoms with Gasteiger partial charge in [-0.15, -0.1) is 0 Å². The van der Waals surface area contributed by atoms with Gasteiger partial charge >= 0.3 is 0 Å². The Balaban J connectivity index is 2.53. The third kappa shape index (κ3) is 1.12. The van der Waals surface area contributed by atoms with Gasteiger partial charge in [0.05, 0.1) is 12.1 Å². The van der Waals surface area contributed by atoms with Gasteiger partial charge in [0.25, 0.3) is 0 Å². The van der Waals surface area contributed by atoms with Crippen molar-refractivity contribution in [1.29, 1.82) is 0 Å². The molecule has 2 heteroatoms. The maximum Gasteiger partial charge on any atom is 0.0729 e. The number of hydrogen-bond acceptors (Lipinski definition) is 2. The second-order valence-electron chi connectivity index (χ2n) is 2.78. The lowest BCUT2D eigenvalue weighted by atomic mass is 9.94. The summed E-state index contributed by atoms with van der Waals surface area (Å²) >= 11 is 0. The van der Waals surface area contributed by atoms with Crippen molar-refractivity contribution >= 4 is 0 Å². The molecule has 0 aromatic heterocycles. The molecule has 0 saturated carbocycles. The molecule has 2 atom stereocenters. The van der Waals surface area contributed by atoms with Crippen LogP contribution >= 0.6 is 0 Å². The van der Waals surface area contributed by atoms with Gasteiger partial charge in [-0.25, -0.2) is 0 Å². The zero-order valence-corrected chi connectivity index (χ0v) is 6.33. The smallest absolute Gasteiger partial charge is 0.0729 e. The highest BCUT2D eigenvalue weighted by atomic mass is 15.2. The summed E-state index contributed by atoms with van der Waals surface area (Å²) < 4.78 is 0. The first-order valence-corrected chi connectivity index (χ1v) is 3.65. The van der Waals surface area contributed by atoms with Crippen LogP contribution in [0.15, 0.2) is 10.2 Å². The van der Waals surface area contributed by atoms with Crippen LogP contribution in [0.25, 0.3) is 0 Å². The van der Waals surface area contributed by atoms with E-state index in [1.807, 2.05) is 0 Å². The highest BCUT2D eigenvalue weighted by Gasteiger charge is 2.26. The summed E-state index contributed by atoms with van der Waals surface area (Å²) in [5, 5.41) is 8.19. The Morgan fingerprint density at radius 3 is 1.78 bits per heavy atom. The van der Waals surface area contributed by atoms with Crippen LogP contribution < -0.4 is 0 Å². The van der Waals surface area contributed by atoms with Crippen LogP contribution in [0.2, 0.25) is 0 Å². The monoisotopic (exact) mass is 126 g/mol. The van der Waals surface area contributed by atoms with Crippen molar-refractivity contribution in [2.45, 2.75) is 39.3 Å². The van der Waals surface area contributed by atoms with Gasteiger partial charge in [0.2, 0.25) is 0 Å². The highest BCUT2D eigenvalue weighted by Crippen LogP contribution is 2.25. The predicted molar refractivity (Wildman–Crippen MR) is 37.6 cm³/mol. The Morgan fingerprint density at radius 2 is 1.56 bits per heavy atom. The molecule has 0 amide bonds. The minimum atomic E-state index is 0.463. The first-order chi connectivity index (χ1) is 4.25. The van der Waals surface area contributed by atoms with Crippen LogP contribution in [0.4, 0.5) is 0 Å². The Kier molecular flexibility index (Phi) is 1.84. The summed E-state index contributed by atoms with van der Waals surface area (Å²) in [5.74, 6) is 0.699. The van der Waals surface area contributed by atoms with E-state index in [1.54, 1.807) is 0 Å². The number of nitrogens with zero attached hydrogens (tertiary/aromatic N) is 2. The van der Waals surface area contributed by atoms with E-state index >= 15 is 0 Å². The molecule has 0 spiro atoms. The molecule has 0 saturated heterocycles. The fourth-order valence-corrected chi connectivity index (χ4v) is 1.47. The molecule has 0 radical (unpaired) electrons. The van der Waals surface area contributed by atoms with Crippen LogP contribution in [0.1, 0.15) is 27.2 Å². The maximum absolute atomic E-state index is 4.09. The van der Waals surface area contributed by atoms with Crippen molar-refractivity contribution in [2.75, 3.05) is 0 Å². The average Bonchev–Trinajstić information content (AvgIpc) is 2.12. The van der Waals surface area contributed by atoms with E-state index in [0.717, 1.165) is 0 Å². The number of azo groups is 1. The topological polar surface area (TPSA) is 24.7 Å². The molecular weight excluding hydrogens is 112 g/mol. The quantitative estimate of drug-likeness (QED) is 0.515. The van der Waals surface area contributed by atoms with E-state index in [1.165, 1.54) is 6.42 Å². The van der Waals surface area contributed by atoms with Gasteiger partial charge in [0.1, 0.15) is 0 Å². The molecule has 0 aromatic rings. The summed E-state index contributed by atoms with van der Waals surface area (Å²) in [6.45, 7) is 6.48. The Bertz CT molecular complexity index is 108. The standard InChI is InChI=1S/C7H14N2/c1-4-7-5(2)8-9-6(7)3/h5-7H,4H2,1-3H3. The van der Waals surface area contributed by atoms with Crippen LogP contribution in [-0.4, -0.2) is 12.1 Å². The van der Waals surface area contributed by atoms with Gasteiger partial charge in [-0.3, -0.25) is 0 Å². The van der Waals surface area contributed by atoms with Crippen molar-refractivity contribution in [3.63, 3.8) is 0 Å². The molecule has 0 aliphatic carbocycles. The van der Waals surface area contributed by atoms with Crippen LogP contribution in [-0.2, 0) is 0 Å². The molecule has 0 N–H and O–H groups in total. The zero-order chi connectivity index (χ0) is 6.85. The minimum Gasteiger partial charge on any atom is -0.190 e. The summed E-state index contributed by atoms with van der Waals surface area (Å²) in [4.78, 5) is 0. The van der Waals surface area contributed by atoms with Crippen LogP contribution in [0.5, 0.6) is 0 Å². The molecule has 2 unspecified atom stereocenters. The summed E-state index contributed by atoms with van der Waals surface area (Å²) in [7, 11) is 0. The van der Waals surface area contributed by atoms with E-state index in [4.69, 9.17) is 0 Å². The number of hydrogen-bond donors (Lipinski definition) is 0. The lowest BCUT2D eigenvalue weighted by Gasteiger charge is -2.12. The van der Waals surface area contributed by atoms with E-state index in [-0.39, 0.29) is 0 Å². The first-order valence-electron chi connectivity index (χ1n) is 3.65. The molecule has 1 aliphatic heterocycles. The van der Waals surface area contributed by atoms with Gasteiger partial charge in [-0.05, 0) is 20.3 Å². The Morgan fingerprint density at radius 1 is 1.11 bits per heavy atom. The molecule has 1 aliphatic rings. The van der Waals surface area contributed by atoms with Gasteiger partial charge in [-0.1, -0.05) is 6.92 Å². The summed E-state index contributed by atoms with van der Waals surface area (Å²) in [6, 6.07) is 0.926. The molecule has 2 nitrogen and oxygen atoms in total. The van der Waals surface area contributed by atoms with E-state index in [0.29, 0.717) is 18.0 Å². The average molecular weight is 126 g/mol. The molecule has 9 heavy (non-hydrogen) atoms. The number of rotatable bonds is 1. The van der Waals surface area contributed by atoms with Crippen LogP contribution in [0.3, 0.4) is 0 Å². The molecule has 0 bridgehead atoms. The lowest BCUT2D eigenvalue weighted by molar-refractivity contribution is 0.429. The third-order valence-electron chi connectivity index (χ3n) is 2.14. The highest BCUT2D eigenvalue weighted by molar-refractivity contribution is 4.83. The van der Waals surface area contributed by atoms with Crippen molar-refractivity contribution in [3.05, 3.63) is 0 Å². The van der Waals surface area contributed by atoms with Crippen molar-refractivity contribution < 1.29 is 0 Å². The largest absolute Gasteiger partial charge is 0.190 e. The Labute approximate surface area is 56.4 Å². The second kappa shape index (κ2) is 2.46.